The third-order valence-electron chi connectivity index (χ3n) is 3.61. The molecule has 1 unspecified atom stereocenters. The van der Waals surface area contributed by atoms with Gasteiger partial charge in [0.15, 0.2) is 5.96 Å². The lowest BCUT2D eigenvalue weighted by Crippen LogP contribution is -2.37. The molecule has 24 heavy (non-hydrogen) atoms. The number of benzene rings is 1. The van der Waals surface area contributed by atoms with Crippen LogP contribution in [0.15, 0.2) is 46.5 Å². The molecule has 0 bridgehead atoms. The molecule has 2 aromatic rings. The van der Waals surface area contributed by atoms with Crippen molar-refractivity contribution in [2.45, 2.75) is 43.7 Å². The van der Waals surface area contributed by atoms with Gasteiger partial charge in [0.25, 0.3) is 0 Å². The Morgan fingerprint density at radius 1 is 1.29 bits per heavy atom. The molecule has 7 nitrogen and oxygen atoms in total. The van der Waals surface area contributed by atoms with E-state index in [1.165, 1.54) is 0 Å². The van der Waals surface area contributed by atoms with Crippen molar-refractivity contribution in [3.63, 3.8) is 0 Å². The van der Waals surface area contributed by atoms with Gasteiger partial charge in [0.05, 0.1) is 4.90 Å². The van der Waals surface area contributed by atoms with Gasteiger partial charge in [-0.15, -0.1) is 0 Å². The van der Waals surface area contributed by atoms with Crippen LogP contribution >= 0.6 is 0 Å². The Morgan fingerprint density at radius 2 is 2.08 bits per heavy atom. The lowest BCUT2D eigenvalue weighted by atomic mass is 10.2. The van der Waals surface area contributed by atoms with Gasteiger partial charge in [-0.2, -0.15) is 4.72 Å². The second kappa shape index (κ2) is 8.07. The highest BCUT2D eigenvalue weighted by Gasteiger charge is 2.21. The van der Waals surface area contributed by atoms with Gasteiger partial charge >= 0.3 is 0 Å². The van der Waals surface area contributed by atoms with Gasteiger partial charge in [-0.25, -0.2) is 13.4 Å². The number of fused-ring (bicyclic) bond motifs is 1. The summed E-state index contributed by atoms with van der Waals surface area (Å²) in [4.78, 5) is 8.21. The number of nitrogens with one attached hydrogen (secondary N) is 1. The third kappa shape index (κ3) is 4.65. The van der Waals surface area contributed by atoms with Crippen molar-refractivity contribution in [1.82, 2.24) is 9.71 Å². The van der Waals surface area contributed by atoms with Crippen molar-refractivity contribution in [3.8, 4) is 0 Å². The molecule has 0 fully saturated rings. The summed E-state index contributed by atoms with van der Waals surface area (Å²) >= 11 is 0. The van der Waals surface area contributed by atoms with Crippen molar-refractivity contribution in [2.24, 2.45) is 16.5 Å². The van der Waals surface area contributed by atoms with Crippen LogP contribution in [0.5, 0.6) is 0 Å². The average molecular weight is 349 g/mol. The van der Waals surface area contributed by atoms with Crippen LogP contribution in [-0.4, -0.2) is 25.5 Å². The first-order valence-corrected chi connectivity index (χ1v) is 9.36. The molecule has 1 heterocycles. The molecule has 5 N–H and O–H groups in total. The van der Waals surface area contributed by atoms with Crippen LogP contribution in [0.25, 0.3) is 10.8 Å². The minimum atomic E-state index is -3.76. The summed E-state index contributed by atoms with van der Waals surface area (Å²) in [5.74, 6) is -0.138. The zero-order chi connectivity index (χ0) is 17.6. The smallest absolute Gasteiger partial charge is 0.242 e. The fraction of sp³-hybridized carbons (Fsp3) is 0.375. The maximum Gasteiger partial charge on any atom is 0.242 e. The Labute approximate surface area is 142 Å². The second-order valence-electron chi connectivity index (χ2n) is 5.54. The van der Waals surface area contributed by atoms with Crippen LogP contribution in [-0.2, 0) is 10.0 Å². The van der Waals surface area contributed by atoms with Gasteiger partial charge in [-0.05, 0) is 25.0 Å². The number of unbranched alkanes of at least 4 members (excludes halogenated alkanes) is 2. The highest BCUT2D eigenvalue weighted by Crippen LogP contribution is 2.22. The van der Waals surface area contributed by atoms with Gasteiger partial charge in [0, 0.05) is 23.2 Å². The van der Waals surface area contributed by atoms with Crippen LogP contribution in [0.2, 0.25) is 0 Å². The number of hydrogen-bond acceptors (Lipinski definition) is 4. The van der Waals surface area contributed by atoms with E-state index in [1.54, 1.807) is 30.6 Å². The molecule has 0 saturated carbocycles. The Kier molecular flexibility index (Phi) is 6.10. The van der Waals surface area contributed by atoms with Gasteiger partial charge in [0.2, 0.25) is 10.0 Å². The van der Waals surface area contributed by atoms with Crippen molar-refractivity contribution in [2.75, 3.05) is 0 Å². The molecule has 0 spiro atoms. The topological polar surface area (TPSA) is 123 Å². The number of guanidine groups is 1. The summed E-state index contributed by atoms with van der Waals surface area (Å²) in [6, 6.07) is 6.74. The van der Waals surface area contributed by atoms with E-state index in [-0.39, 0.29) is 10.9 Å². The molecule has 1 atom stereocenters. The molecule has 1 aromatic carbocycles. The lowest BCUT2D eigenvalue weighted by Gasteiger charge is -2.16. The standard InChI is InChI=1S/C16H23N5O2S/c1-2-3-4-8-15(20-16(17)18)21-24(22,23)14-7-5-6-12-11-19-10-9-13(12)14/h5-7,9-11,15,21H,2-4,8H2,1H3,(H4,17,18,20). The van der Waals surface area contributed by atoms with Gasteiger partial charge in [-0.1, -0.05) is 31.9 Å². The Hall–Kier alpha value is -2.19. The molecule has 0 aliphatic rings. The predicted octanol–water partition coefficient (Wildman–Crippen LogP) is 1.69. The molecule has 0 saturated heterocycles. The minimum Gasteiger partial charge on any atom is -0.370 e. The van der Waals surface area contributed by atoms with E-state index < -0.39 is 16.2 Å². The van der Waals surface area contributed by atoms with Crippen LogP contribution in [0.4, 0.5) is 0 Å². The first kappa shape index (κ1) is 18.2. The van der Waals surface area contributed by atoms with Crippen molar-refractivity contribution >= 4 is 26.8 Å². The van der Waals surface area contributed by atoms with E-state index >= 15 is 0 Å². The molecule has 8 heteroatoms. The van der Waals surface area contributed by atoms with E-state index in [1.807, 2.05) is 6.07 Å². The average Bonchev–Trinajstić information content (AvgIpc) is 2.53. The minimum absolute atomic E-state index is 0.138. The first-order valence-electron chi connectivity index (χ1n) is 7.88. The zero-order valence-electron chi connectivity index (χ0n) is 13.6. The second-order valence-corrected chi connectivity index (χ2v) is 7.22. The fourth-order valence-electron chi connectivity index (χ4n) is 2.49. The third-order valence-corrected chi connectivity index (χ3v) is 5.12. The highest BCUT2D eigenvalue weighted by molar-refractivity contribution is 7.89. The SMILES string of the molecule is CCCCCC(N=C(N)N)NS(=O)(=O)c1cccc2cnccc12. The predicted molar refractivity (Wildman–Crippen MR) is 95.8 cm³/mol. The van der Waals surface area contributed by atoms with E-state index in [0.717, 1.165) is 24.6 Å². The van der Waals surface area contributed by atoms with E-state index in [9.17, 15) is 8.42 Å². The largest absolute Gasteiger partial charge is 0.370 e. The van der Waals surface area contributed by atoms with Gasteiger partial charge in [-0.3, -0.25) is 4.98 Å². The van der Waals surface area contributed by atoms with Crippen LogP contribution in [0.3, 0.4) is 0 Å². The number of nitrogens with zero attached hydrogens (tertiary/aromatic N) is 2. The normalized spacial score (nSPS) is 12.9. The lowest BCUT2D eigenvalue weighted by molar-refractivity contribution is 0.516. The molecule has 0 radical (unpaired) electrons. The molecular formula is C16H23N5O2S. The van der Waals surface area contributed by atoms with Crippen molar-refractivity contribution < 1.29 is 8.42 Å². The number of aromatic nitrogens is 1. The zero-order valence-corrected chi connectivity index (χ0v) is 14.5. The van der Waals surface area contributed by atoms with Crippen molar-refractivity contribution in [3.05, 3.63) is 36.7 Å². The monoisotopic (exact) mass is 349 g/mol. The molecule has 130 valence electrons. The number of sulfonamides is 1. The quantitative estimate of drug-likeness (QED) is 0.380. The van der Waals surface area contributed by atoms with Crippen LogP contribution in [0, 0.1) is 0 Å². The highest BCUT2D eigenvalue weighted by atomic mass is 32.2. The summed E-state index contributed by atoms with van der Waals surface area (Å²) in [5, 5.41) is 1.36. The number of rotatable bonds is 8. The summed E-state index contributed by atoms with van der Waals surface area (Å²) in [6.07, 6.45) is 5.90. The number of pyridine rings is 1. The molecule has 0 amide bonds. The van der Waals surface area contributed by atoms with E-state index in [0.29, 0.717) is 11.8 Å². The van der Waals surface area contributed by atoms with Crippen LogP contribution in [0.1, 0.15) is 32.6 Å². The number of hydrogen-bond donors (Lipinski definition) is 3. The first-order chi connectivity index (χ1) is 11.4. The van der Waals surface area contributed by atoms with Crippen molar-refractivity contribution in [1.29, 1.82) is 0 Å². The maximum atomic E-state index is 12.8. The van der Waals surface area contributed by atoms with E-state index in [4.69, 9.17) is 11.5 Å². The van der Waals surface area contributed by atoms with Crippen LogP contribution < -0.4 is 16.2 Å². The number of aliphatic imine (C=N–C) groups is 1. The Morgan fingerprint density at radius 3 is 2.79 bits per heavy atom. The fourth-order valence-corrected chi connectivity index (χ4v) is 3.88. The summed E-state index contributed by atoms with van der Waals surface area (Å²) in [6.45, 7) is 2.07. The van der Waals surface area contributed by atoms with Gasteiger partial charge < -0.3 is 11.5 Å². The maximum absolute atomic E-state index is 12.8. The molecule has 1 aromatic heterocycles. The van der Waals surface area contributed by atoms with E-state index in [2.05, 4.69) is 21.6 Å². The molecule has 2 rings (SSSR count). The Balaban J connectivity index is 2.31. The van der Waals surface area contributed by atoms with Gasteiger partial charge in [0.1, 0.15) is 6.17 Å². The summed E-state index contributed by atoms with van der Waals surface area (Å²) in [7, 11) is -3.76. The molecule has 0 aliphatic carbocycles. The number of nitrogens with two attached hydrogens (primary N) is 2. The Bertz CT molecular complexity index is 811. The molecule has 0 aliphatic heterocycles. The summed E-state index contributed by atoms with van der Waals surface area (Å²) in [5.41, 5.74) is 10.9. The summed E-state index contributed by atoms with van der Waals surface area (Å²) < 4.78 is 28.2. The molecular weight excluding hydrogens is 326 g/mol.